The molecule has 1 aliphatic heterocycles. The number of methoxy groups -OCH3 is 1. The Morgan fingerprint density at radius 1 is 1.43 bits per heavy atom. The number of nitrogens with zero attached hydrogens (tertiary/aromatic N) is 1. The van der Waals surface area contributed by atoms with Crippen LogP contribution in [0.1, 0.15) is 12.8 Å². The second kappa shape index (κ2) is 6.68. The van der Waals surface area contributed by atoms with Gasteiger partial charge in [-0.1, -0.05) is 0 Å². The number of urea groups is 1. The van der Waals surface area contributed by atoms with E-state index < -0.39 is 48.3 Å². The molecule has 0 aliphatic carbocycles. The molecule has 1 heterocycles. The van der Waals surface area contributed by atoms with Crippen LogP contribution in [0.2, 0.25) is 0 Å². The van der Waals surface area contributed by atoms with Gasteiger partial charge in [-0.15, -0.1) is 0 Å². The van der Waals surface area contributed by atoms with Gasteiger partial charge in [0, 0.05) is 7.05 Å². The molecule has 0 aromatic rings. The average Bonchev–Trinajstić information content (AvgIpc) is 2.65. The van der Waals surface area contributed by atoms with Crippen molar-refractivity contribution in [1.29, 1.82) is 0 Å². The second-order valence-electron chi connectivity index (χ2n) is 4.34. The van der Waals surface area contributed by atoms with Crippen molar-refractivity contribution in [1.82, 2.24) is 15.5 Å². The molecule has 116 valence electrons. The number of rotatable bonds is 5. The largest absolute Gasteiger partial charge is 0.480 e. The molecule has 1 unspecified atom stereocenters. The fourth-order valence-corrected chi connectivity index (χ4v) is 1.68. The summed E-state index contributed by atoms with van der Waals surface area (Å²) in [5.41, 5.74) is 0. The maximum absolute atomic E-state index is 11.6. The lowest BCUT2D eigenvalue weighted by atomic mass is 10.2. The Morgan fingerprint density at radius 2 is 2.05 bits per heavy atom. The minimum atomic E-state index is -1.50. The summed E-state index contributed by atoms with van der Waals surface area (Å²) in [6.45, 7) is 0. The molecule has 1 fully saturated rings. The van der Waals surface area contributed by atoms with E-state index >= 15 is 0 Å². The van der Waals surface area contributed by atoms with Gasteiger partial charge in [0.15, 0.2) is 0 Å². The topological polar surface area (TPSA) is 142 Å². The normalized spacial score (nSPS) is 19.1. The van der Waals surface area contributed by atoms with Crippen molar-refractivity contribution in [3.63, 3.8) is 0 Å². The molecular weight excluding hydrogens is 286 g/mol. The number of carbonyl (C=O) groups excluding carboxylic acids is 4. The Morgan fingerprint density at radius 3 is 2.48 bits per heavy atom. The Kier molecular flexibility index (Phi) is 5.22. The number of carboxylic acids is 1. The highest BCUT2D eigenvalue weighted by Crippen LogP contribution is 2.10. The second-order valence-corrected chi connectivity index (χ2v) is 4.34. The first-order valence-corrected chi connectivity index (χ1v) is 5.93. The molecule has 21 heavy (non-hydrogen) atoms. The number of amides is 4. The van der Waals surface area contributed by atoms with E-state index in [1.807, 2.05) is 5.32 Å². The van der Waals surface area contributed by atoms with Crippen LogP contribution in [0.3, 0.4) is 0 Å². The molecule has 2 atom stereocenters. The Balaban J connectivity index is 2.59. The van der Waals surface area contributed by atoms with Gasteiger partial charge in [-0.2, -0.15) is 0 Å². The summed E-state index contributed by atoms with van der Waals surface area (Å²) in [6, 6.07) is -3.51. The smallest absolute Gasteiger partial charge is 0.326 e. The standard InChI is InChI=1S/C11H15N3O7/c1-14-7(15)3-5(9(14)17)12-11(20)13-6(10(18)19)4-8(16)21-2/h5-6H,3-4H2,1-2H3,(H,18,19)(H2,12,13,20)/t5?,6-/m0/s1. The number of likely N-dealkylation sites (tertiary alicyclic amines) is 1. The summed E-state index contributed by atoms with van der Waals surface area (Å²) in [7, 11) is 2.36. The van der Waals surface area contributed by atoms with Gasteiger partial charge in [0.2, 0.25) is 5.91 Å². The highest BCUT2D eigenvalue weighted by atomic mass is 16.5. The van der Waals surface area contributed by atoms with Crippen LogP contribution in [-0.4, -0.2) is 66.0 Å². The highest BCUT2D eigenvalue weighted by Gasteiger charge is 2.37. The van der Waals surface area contributed by atoms with Gasteiger partial charge in [0.05, 0.1) is 20.0 Å². The lowest BCUT2D eigenvalue weighted by Crippen LogP contribution is -2.51. The van der Waals surface area contributed by atoms with Crippen LogP contribution in [0.15, 0.2) is 0 Å². The number of esters is 1. The summed E-state index contributed by atoms with van der Waals surface area (Å²) in [5.74, 6) is -3.28. The van der Waals surface area contributed by atoms with Crippen molar-refractivity contribution in [2.45, 2.75) is 24.9 Å². The molecule has 1 aliphatic rings. The molecular formula is C11H15N3O7. The minimum Gasteiger partial charge on any atom is -0.480 e. The van der Waals surface area contributed by atoms with Crippen molar-refractivity contribution in [3.05, 3.63) is 0 Å². The number of nitrogens with one attached hydrogen (secondary N) is 2. The summed E-state index contributed by atoms with van der Waals surface area (Å²) in [4.78, 5) is 57.3. The van der Waals surface area contributed by atoms with Crippen molar-refractivity contribution in [3.8, 4) is 0 Å². The zero-order chi connectivity index (χ0) is 16.2. The van der Waals surface area contributed by atoms with Crippen LogP contribution < -0.4 is 10.6 Å². The van der Waals surface area contributed by atoms with E-state index in [0.717, 1.165) is 12.0 Å². The van der Waals surface area contributed by atoms with Gasteiger partial charge in [-0.3, -0.25) is 19.3 Å². The Labute approximate surface area is 119 Å². The van der Waals surface area contributed by atoms with Crippen molar-refractivity contribution >= 4 is 29.8 Å². The fourth-order valence-electron chi connectivity index (χ4n) is 1.68. The van der Waals surface area contributed by atoms with Gasteiger partial charge in [0.1, 0.15) is 12.1 Å². The summed E-state index contributed by atoms with van der Waals surface area (Å²) >= 11 is 0. The molecule has 1 saturated heterocycles. The number of imide groups is 1. The van der Waals surface area contributed by atoms with Crippen molar-refractivity contribution < 1.29 is 33.8 Å². The monoisotopic (exact) mass is 301 g/mol. The predicted molar refractivity (Wildman–Crippen MR) is 65.9 cm³/mol. The third-order valence-electron chi connectivity index (χ3n) is 2.89. The van der Waals surface area contributed by atoms with Crippen LogP contribution >= 0.6 is 0 Å². The molecule has 3 N–H and O–H groups in total. The van der Waals surface area contributed by atoms with Crippen LogP contribution in [0.25, 0.3) is 0 Å². The van der Waals surface area contributed by atoms with Crippen molar-refractivity contribution in [2.75, 3.05) is 14.2 Å². The first-order valence-electron chi connectivity index (χ1n) is 5.93. The zero-order valence-corrected chi connectivity index (χ0v) is 11.4. The van der Waals surface area contributed by atoms with Crippen LogP contribution in [-0.2, 0) is 23.9 Å². The minimum absolute atomic E-state index is 0.197. The maximum Gasteiger partial charge on any atom is 0.326 e. The molecule has 0 radical (unpaired) electrons. The third-order valence-corrected chi connectivity index (χ3v) is 2.89. The Hall–Kier alpha value is -2.65. The van der Waals surface area contributed by atoms with Crippen LogP contribution in [0.5, 0.6) is 0 Å². The van der Waals surface area contributed by atoms with E-state index in [9.17, 15) is 24.0 Å². The predicted octanol–water partition coefficient (Wildman–Crippen LogP) is -1.94. The van der Waals surface area contributed by atoms with Crippen molar-refractivity contribution in [2.24, 2.45) is 0 Å². The van der Waals surface area contributed by atoms with E-state index in [4.69, 9.17) is 5.11 Å². The number of carboxylic acid groups (broad SMARTS) is 1. The van der Waals surface area contributed by atoms with E-state index in [2.05, 4.69) is 10.1 Å². The number of carbonyl (C=O) groups is 5. The van der Waals surface area contributed by atoms with Crippen LogP contribution in [0.4, 0.5) is 4.79 Å². The molecule has 0 spiro atoms. The summed E-state index contributed by atoms with van der Waals surface area (Å²) in [5, 5.41) is 13.1. The van der Waals surface area contributed by atoms with Gasteiger partial charge in [-0.25, -0.2) is 9.59 Å². The lowest BCUT2D eigenvalue weighted by Gasteiger charge is -2.16. The van der Waals surface area contributed by atoms with E-state index in [1.54, 1.807) is 0 Å². The number of hydrogen-bond donors (Lipinski definition) is 3. The molecule has 4 amide bonds. The average molecular weight is 301 g/mol. The summed E-state index contributed by atoms with van der Waals surface area (Å²) in [6.07, 6.45) is -0.756. The molecule has 0 aromatic carbocycles. The molecule has 0 bridgehead atoms. The number of likely N-dealkylation sites (N-methyl/N-ethyl adjacent to an activating group) is 1. The first kappa shape index (κ1) is 16.4. The van der Waals surface area contributed by atoms with Crippen LogP contribution in [0, 0.1) is 0 Å². The van der Waals surface area contributed by atoms with Gasteiger partial charge in [-0.05, 0) is 0 Å². The lowest BCUT2D eigenvalue weighted by molar-refractivity contribution is -0.147. The number of hydrogen-bond acceptors (Lipinski definition) is 6. The Bertz CT molecular complexity index is 490. The van der Waals surface area contributed by atoms with Gasteiger partial charge < -0.3 is 20.5 Å². The first-order chi connectivity index (χ1) is 9.76. The van der Waals surface area contributed by atoms with E-state index in [-0.39, 0.29) is 6.42 Å². The molecule has 10 heteroatoms. The quantitative estimate of drug-likeness (QED) is 0.396. The zero-order valence-electron chi connectivity index (χ0n) is 11.4. The summed E-state index contributed by atoms with van der Waals surface area (Å²) < 4.78 is 4.31. The molecule has 0 aromatic heterocycles. The highest BCUT2D eigenvalue weighted by molar-refractivity contribution is 6.06. The SMILES string of the molecule is COC(=O)C[C@H](NC(=O)NC1CC(=O)N(C)C1=O)C(=O)O. The molecule has 1 rings (SSSR count). The fraction of sp³-hybridized carbons (Fsp3) is 0.545. The van der Waals surface area contributed by atoms with Gasteiger partial charge in [0.25, 0.3) is 5.91 Å². The number of ether oxygens (including phenoxy) is 1. The van der Waals surface area contributed by atoms with E-state index in [0.29, 0.717) is 0 Å². The number of aliphatic carboxylic acids is 1. The molecule has 10 nitrogen and oxygen atoms in total. The van der Waals surface area contributed by atoms with E-state index in [1.165, 1.54) is 7.05 Å². The van der Waals surface area contributed by atoms with Gasteiger partial charge >= 0.3 is 18.0 Å². The maximum atomic E-state index is 11.6. The molecule has 0 saturated carbocycles. The third kappa shape index (κ3) is 4.16.